The topological polar surface area (TPSA) is 41.5 Å². The van der Waals surface area contributed by atoms with Crippen molar-refractivity contribution < 1.29 is 9.18 Å². The average molecular weight is 142 g/mol. The summed E-state index contributed by atoms with van der Waals surface area (Å²) in [5.41, 5.74) is 0.365. The molecule has 0 aliphatic carbocycles. The molecule has 1 rings (SSSR count). The molecule has 0 radical (unpaired) electrons. The van der Waals surface area contributed by atoms with E-state index in [0.29, 0.717) is 12.0 Å². The molecule has 10 heavy (non-hydrogen) atoms. The largest absolute Gasteiger partial charge is 0.344 e. The summed E-state index contributed by atoms with van der Waals surface area (Å²) in [6, 6.07) is 0. The maximum absolute atomic E-state index is 12.4. The zero-order valence-electron chi connectivity index (χ0n) is 5.25. The first-order chi connectivity index (χ1) is 4.83. The Morgan fingerprint density at radius 2 is 2.70 bits per heavy atom. The van der Waals surface area contributed by atoms with Gasteiger partial charge in [0.05, 0.1) is 12.0 Å². The van der Waals surface area contributed by atoms with Crippen molar-refractivity contribution in [3.63, 3.8) is 0 Å². The van der Waals surface area contributed by atoms with Gasteiger partial charge in [0, 0.05) is 6.42 Å². The van der Waals surface area contributed by atoms with Crippen molar-refractivity contribution in [1.29, 1.82) is 0 Å². The third-order valence-electron chi connectivity index (χ3n) is 1.13. The number of halogens is 1. The molecule has 1 aliphatic rings. The van der Waals surface area contributed by atoms with E-state index in [-0.39, 0.29) is 6.42 Å². The van der Waals surface area contributed by atoms with Crippen LogP contribution < -0.4 is 5.32 Å². The third-order valence-corrected chi connectivity index (χ3v) is 1.13. The zero-order valence-corrected chi connectivity index (χ0v) is 5.25. The summed E-state index contributed by atoms with van der Waals surface area (Å²) < 4.78 is 12.4. The number of nitrogens with zero attached hydrogens (tertiary/aromatic N) is 1. The lowest BCUT2D eigenvalue weighted by Gasteiger charge is -1.91. The van der Waals surface area contributed by atoms with Gasteiger partial charge in [-0.2, -0.15) is 0 Å². The van der Waals surface area contributed by atoms with Crippen molar-refractivity contribution in [2.24, 2.45) is 4.99 Å². The van der Waals surface area contributed by atoms with Gasteiger partial charge in [-0.3, -0.25) is 4.79 Å². The lowest BCUT2D eigenvalue weighted by molar-refractivity contribution is -0.105. The van der Waals surface area contributed by atoms with Crippen molar-refractivity contribution in [3.8, 4) is 0 Å². The number of rotatable bonds is 1. The maximum Gasteiger partial charge on any atom is 0.195 e. The predicted octanol–water partition coefficient (Wildman–Crippen LogP) is 0.386. The lowest BCUT2D eigenvalue weighted by atomic mass is 10.3. The molecule has 0 saturated heterocycles. The van der Waals surface area contributed by atoms with Crippen molar-refractivity contribution in [1.82, 2.24) is 5.32 Å². The average Bonchev–Trinajstić information content (AvgIpc) is 2.14. The minimum Gasteiger partial charge on any atom is -0.344 e. The Hall–Kier alpha value is -1.19. The smallest absolute Gasteiger partial charge is 0.195 e. The van der Waals surface area contributed by atoms with Crippen LogP contribution in [0.2, 0.25) is 0 Å². The maximum atomic E-state index is 12.4. The van der Waals surface area contributed by atoms with E-state index < -0.39 is 6.30 Å². The Bertz CT molecular complexity index is 188. The van der Waals surface area contributed by atoms with E-state index in [1.165, 1.54) is 12.4 Å². The molecule has 0 saturated carbocycles. The second-order valence-corrected chi connectivity index (χ2v) is 1.87. The number of aldehydes is 1. The molecule has 0 aromatic heterocycles. The van der Waals surface area contributed by atoms with Crippen LogP contribution >= 0.6 is 0 Å². The molecule has 0 bridgehead atoms. The van der Waals surface area contributed by atoms with Crippen LogP contribution in [0.5, 0.6) is 0 Å². The van der Waals surface area contributed by atoms with E-state index in [9.17, 15) is 9.18 Å². The van der Waals surface area contributed by atoms with Gasteiger partial charge in [-0.25, -0.2) is 9.38 Å². The number of aliphatic imine (C=N–C) groups is 1. The Balaban J connectivity index is 2.63. The number of hydrogen-bond acceptors (Lipinski definition) is 3. The summed E-state index contributed by atoms with van der Waals surface area (Å²) in [6.07, 6.45) is 2.24. The molecule has 1 N–H and O–H groups in total. The number of carbonyl (C=O) groups is 1. The van der Waals surface area contributed by atoms with E-state index in [2.05, 4.69) is 10.3 Å². The first-order valence-electron chi connectivity index (χ1n) is 2.90. The van der Waals surface area contributed by atoms with Gasteiger partial charge in [-0.05, 0) is 0 Å². The molecule has 0 fully saturated rings. The summed E-state index contributed by atoms with van der Waals surface area (Å²) in [7, 11) is 0. The van der Waals surface area contributed by atoms with Crippen molar-refractivity contribution in [2.45, 2.75) is 12.7 Å². The molecule has 1 aliphatic heterocycles. The molecule has 0 spiro atoms. The molecule has 0 aromatic carbocycles. The Kier molecular flexibility index (Phi) is 2.15. The second kappa shape index (κ2) is 3.10. The Morgan fingerprint density at radius 3 is 3.40 bits per heavy atom. The number of allylic oxidation sites excluding steroid dienone is 1. The first kappa shape index (κ1) is 6.92. The van der Waals surface area contributed by atoms with Crippen LogP contribution in [-0.4, -0.2) is 18.9 Å². The molecule has 54 valence electrons. The van der Waals surface area contributed by atoms with Crippen molar-refractivity contribution >= 4 is 12.6 Å². The van der Waals surface area contributed by atoms with Crippen LogP contribution in [0.15, 0.2) is 16.8 Å². The highest BCUT2D eigenvalue weighted by Crippen LogP contribution is 2.03. The highest BCUT2D eigenvalue weighted by molar-refractivity contribution is 5.78. The number of carbonyl (C=O) groups excluding carboxylic acids is 1. The van der Waals surface area contributed by atoms with E-state index in [4.69, 9.17) is 0 Å². The molecular weight excluding hydrogens is 135 g/mol. The van der Waals surface area contributed by atoms with E-state index in [1.54, 1.807) is 0 Å². The van der Waals surface area contributed by atoms with Gasteiger partial charge in [0.2, 0.25) is 0 Å². The quantitative estimate of drug-likeness (QED) is 0.425. The highest BCUT2D eigenvalue weighted by Gasteiger charge is 2.03. The molecular formula is C6H7FN2O. The van der Waals surface area contributed by atoms with E-state index in [1.807, 2.05) is 0 Å². The van der Waals surface area contributed by atoms with Crippen LogP contribution in [0.3, 0.4) is 0 Å². The summed E-state index contributed by atoms with van der Waals surface area (Å²) in [4.78, 5) is 13.5. The van der Waals surface area contributed by atoms with Gasteiger partial charge in [0.15, 0.2) is 12.6 Å². The van der Waals surface area contributed by atoms with Gasteiger partial charge >= 0.3 is 0 Å². The molecule has 4 heteroatoms. The van der Waals surface area contributed by atoms with Crippen molar-refractivity contribution in [2.75, 3.05) is 0 Å². The SMILES string of the molecule is O=CC1=CCC(F)N=CN1. The van der Waals surface area contributed by atoms with Gasteiger partial charge in [0.1, 0.15) is 0 Å². The fourth-order valence-corrected chi connectivity index (χ4v) is 0.619. The summed E-state index contributed by atoms with van der Waals surface area (Å²) >= 11 is 0. The summed E-state index contributed by atoms with van der Waals surface area (Å²) in [5.74, 6) is 0. The summed E-state index contributed by atoms with van der Waals surface area (Å²) in [5, 5.41) is 2.52. The van der Waals surface area contributed by atoms with Crippen LogP contribution in [0.25, 0.3) is 0 Å². The van der Waals surface area contributed by atoms with Crippen LogP contribution in [-0.2, 0) is 4.79 Å². The zero-order chi connectivity index (χ0) is 7.40. The molecule has 0 aromatic rings. The Morgan fingerprint density at radius 1 is 1.90 bits per heavy atom. The summed E-state index contributed by atoms with van der Waals surface area (Å²) in [6.45, 7) is 0. The monoisotopic (exact) mass is 142 g/mol. The number of alkyl halides is 1. The lowest BCUT2D eigenvalue weighted by Crippen LogP contribution is -2.09. The number of nitrogens with one attached hydrogen (secondary N) is 1. The van der Waals surface area contributed by atoms with Crippen molar-refractivity contribution in [3.05, 3.63) is 11.8 Å². The first-order valence-corrected chi connectivity index (χ1v) is 2.90. The van der Waals surface area contributed by atoms with Gasteiger partial charge in [0.25, 0.3) is 0 Å². The van der Waals surface area contributed by atoms with Crippen LogP contribution in [0.1, 0.15) is 6.42 Å². The van der Waals surface area contributed by atoms with E-state index >= 15 is 0 Å². The van der Waals surface area contributed by atoms with Gasteiger partial charge < -0.3 is 5.32 Å². The molecule has 1 atom stereocenters. The van der Waals surface area contributed by atoms with Gasteiger partial charge in [-0.15, -0.1) is 0 Å². The predicted molar refractivity (Wildman–Crippen MR) is 35.3 cm³/mol. The molecule has 1 heterocycles. The highest BCUT2D eigenvalue weighted by atomic mass is 19.1. The molecule has 0 amide bonds. The Labute approximate surface area is 57.6 Å². The molecule has 3 nitrogen and oxygen atoms in total. The number of hydrogen-bond donors (Lipinski definition) is 1. The minimum absolute atomic E-state index is 0.164. The minimum atomic E-state index is -1.22. The standard InChI is InChI=1S/C6H7FN2O/c7-6-2-1-5(3-10)8-4-9-6/h1,3-4,6H,2H2,(H,8,9). The van der Waals surface area contributed by atoms with Crippen LogP contribution in [0.4, 0.5) is 4.39 Å². The van der Waals surface area contributed by atoms with E-state index in [0.717, 1.165) is 0 Å². The second-order valence-electron chi connectivity index (χ2n) is 1.87. The normalized spacial score (nSPS) is 24.5. The fourth-order valence-electron chi connectivity index (χ4n) is 0.619. The fraction of sp³-hybridized carbons (Fsp3) is 0.333. The van der Waals surface area contributed by atoms with Crippen LogP contribution in [0, 0.1) is 0 Å². The molecule has 1 unspecified atom stereocenters. The van der Waals surface area contributed by atoms with Gasteiger partial charge in [-0.1, -0.05) is 6.08 Å². The third kappa shape index (κ3) is 1.65.